The molecule has 0 saturated carbocycles. The Morgan fingerprint density at radius 1 is 1.50 bits per heavy atom. The van der Waals surface area contributed by atoms with Gasteiger partial charge in [0.2, 0.25) is 0 Å². The standard InChI is InChI=1S/C11H10BrCl2NO3/c1-18-11(17)9(14)5-15-10(16)7-3-2-6(13)4-8(7)12/h2-4,9H,5H2,1H3,(H,15,16). The van der Waals surface area contributed by atoms with Gasteiger partial charge in [0, 0.05) is 16.0 Å². The maximum atomic E-state index is 11.8. The molecule has 7 heteroatoms. The van der Waals surface area contributed by atoms with Gasteiger partial charge in [0.25, 0.3) is 5.91 Å². The van der Waals surface area contributed by atoms with Gasteiger partial charge in [-0.15, -0.1) is 11.6 Å². The molecule has 0 aliphatic carbocycles. The second kappa shape index (κ2) is 6.97. The molecule has 1 aromatic rings. The van der Waals surface area contributed by atoms with Crippen LogP contribution in [0, 0.1) is 0 Å². The van der Waals surface area contributed by atoms with Crippen LogP contribution < -0.4 is 5.32 Å². The minimum absolute atomic E-state index is 0.0118. The van der Waals surface area contributed by atoms with Gasteiger partial charge in [-0.3, -0.25) is 9.59 Å². The van der Waals surface area contributed by atoms with Crippen LogP contribution in [-0.2, 0) is 9.53 Å². The van der Waals surface area contributed by atoms with Gasteiger partial charge in [-0.2, -0.15) is 0 Å². The summed E-state index contributed by atoms with van der Waals surface area (Å²) in [5.41, 5.74) is 0.410. The van der Waals surface area contributed by atoms with Gasteiger partial charge in [0.1, 0.15) is 5.38 Å². The van der Waals surface area contributed by atoms with Crippen molar-refractivity contribution in [1.29, 1.82) is 0 Å². The van der Waals surface area contributed by atoms with E-state index in [0.29, 0.717) is 15.1 Å². The monoisotopic (exact) mass is 353 g/mol. The summed E-state index contributed by atoms with van der Waals surface area (Å²) in [6, 6.07) is 4.78. The number of carbonyl (C=O) groups excluding carboxylic acids is 2. The first-order valence-electron chi connectivity index (χ1n) is 4.91. The molecule has 0 heterocycles. The summed E-state index contributed by atoms with van der Waals surface area (Å²) in [4.78, 5) is 22.8. The van der Waals surface area contributed by atoms with Crippen molar-refractivity contribution in [2.45, 2.75) is 5.38 Å². The smallest absolute Gasteiger partial charge is 0.325 e. The second-order valence-electron chi connectivity index (χ2n) is 3.32. The fourth-order valence-electron chi connectivity index (χ4n) is 1.16. The molecule has 0 spiro atoms. The molecule has 1 rings (SSSR count). The number of alkyl halides is 1. The highest BCUT2D eigenvalue weighted by Gasteiger charge is 2.18. The van der Waals surface area contributed by atoms with Crippen LogP contribution in [-0.4, -0.2) is 30.9 Å². The lowest BCUT2D eigenvalue weighted by atomic mass is 10.2. The highest BCUT2D eigenvalue weighted by Crippen LogP contribution is 2.21. The van der Waals surface area contributed by atoms with Gasteiger partial charge in [-0.05, 0) is 34.1 Å². The lowest BCUT2D eigenvalue weighted by molar-refractivity contribution is -0.140. The average molecular weight is 355 g/mol. The molecule has 0 aromatic heterocycles. The number of hydrogen-bond acceptors (Lipinski definition) is 3. The van der Waals surface area contributed by atoms with Gasteiger partial charge in [0.05, 0.1) is 12.7 Å². The minimum Gasteiger partial charge on any atom is -0.468 e. The van der Waals surface area contributed by atoms with Crippen molar-refractivity contribution >= 4 is 51.0 Å². The first kappa shape index (κ1) is 15.3. The second-order valence-corrected chi connectivity index (χ2v) is 5.14. The van der Waals surface area contributed by atoms with Gasteiger partial charge in [0.15, 0.2) is 0 Å². The number of esters is 1. The predicted molar refractivity (Wildman–Crippen MR) is 73.1 cm³/mol. The quantitative estimate of drug-likeness (QED) is 0.668. The maximum absolute atomic E-state index is 11.8. The first-order valence-corrected chi connectivity index (χ1v) is 6.51. The van der Waals surface area contributed by atoms with E-state index in [2.05, 4.69) is 26.0 Å². The summed E-state index contributed by atoms with van der Waals surface area (Å²) in [5.74, 6) is -0.944. The zero-order valence-corrected chi connectivity index (χ0v) is 12.5. The van der Waals surface area contributed by atoms with Crippen molar-refractivity contribution in [1.82, 2.24) is 5.32 Å². The van der Waals surface area contributed by atoms with Gasteiger partial charge in [-0.1, -0.05) is 11.6 Å². The van der Waals surface area contributed by atoms with E-state index in [9.17, 15) is 9.59 Å². The average Bonchev–Trinajstić information content (AvgIpc) is 2.34. The third-order valence-corrected chi connectivity index (χ3v) is 3.30. The van der Waals surface area contributed by atoms with Crippen LogP contribution >= 0.6 is 39.1 Å². The lowest BCUT2D eigenvalue weighted by Crippen LogP contribution is -2.34. The van der Waals surface area contributed by atoms with E-state index in [1.807, 2.05) is 0 Å². The van der Waals surface area contributed by atoms with Crippen LogP contribution in [0.2, 0.25) is 5.02 Å². The Labute approximate surface area is 123 Å². The zero-order valence-electron chi connectivity index (χ0n) is 9.38. The highest BCUT2D eigenvalue weighted by atomic mass is 79.9. The first-order chi connectivity index (χ1) is 8.45. The fourth-order valence-corrected chi connectivity index (χ4v) is 2.19. The molecule has 1 atom stereocenters. The number of carbonyl (C=O) groups is 2. The van der Waals surface area contributed by atoms with E-state index in [4.69, 9.17) is 23.2 Å². The Kier molecular flexibility index (Phi) is 5.91. The Morgan fingerprint density at radius 2 is 2.17 bits per heavy atom. The number of nitrogens with one attached hydrogen (secondary N) is 1. The molecule has 98 valence electrons. The highest BCUT2D eigenvalue weighted by molar-refractivity contribution is 9.10. The number of halogens is 3. The molecule has 0 saturated heterocycles. The minimum atomic E-state index is -0.912. The number of hydrogen-bond donors (Lipinski definition) is 1. The number of ether oxygens (including phenoxy) is 1. The van der Waals surface area contributed by atoms with Gasteiger partial charge < -0.3 is 10.1 Å². The molecule has 0 radical (unpaired) electrons. The van der Waals surface area contributed by atoms with E-state index in [0.717, 1.165) is 0 Å². The van der Waals surface area contributed by atoms with E-state index in [1.54, 1.807) is 18.2 Å². The van der Waals surface area contributed by atoms with E-state index >= 15 is 0 Å². The van der Waals surface area contributed by atoms with Crippen molar-refractivity contribution in [3.8, 4) is 0 Å². The zero-order chi connectivity index (χ0) is 13.7. The third kappa shape index (κ3) is 4.15. The van der Waals surface area contributed by atoms with Crippen LogP contribution in [0.3, 0.4) is 0 Å². The topological polar surface area (TPSA) is 55.4 Å². The summed E-state index contributed by atoms with van der Waals surface area (Å²) in [6.45, 7) is -0.0118. The Morgan fingerprint density at radius 3 is 2.72 bits per heavy atom. The summed E-state index contributed by atoms with van der Waals surface area (Å²) in [6.07, 6.45) is 0. The fraction of sp³-hybridized carbons (Fsp3) is 0.273. The summed E-state index contributed by atoms with van der Waals surface area (Å²) >= 11 is 14.7. The molecular formula is C11H10BrCl2NO3. The number of amides is 1. The third-order valence-electron chi connectivity index (χ3n) is 2.07. The Hall–Kier alpha value is -0.780. The van der Waals surface area contributed by atoms with Gasteiger partial charge >= 0.3 is 5.97 Å². The summed E-state index contributed by atoms with van der Waals surface area (Å²) < 4.78 is 5.01. The Balaban J connectivity index is 2.63. The molecular weight excluding hydrogens is 345 g/mol. The SMILES string of the molecule is COC(=O)C(Cl)CNC(=O)c1ccc(Cl)cc1Br. The van der Waals surface area contributed by atoms with Crippen molar-refractivity contribution < 1.29 is 14.3 Å². The molecule has 1 N–H and O–H groups in total. The van der Waals surface area contributed by atoms with E-state index in [1.165, 1.54) is 7.11 Å². The molecule has 0 bridgehead atoms. The molecule has 4 nitrogen and oxygen atoms in total. The van der Waals surface area contributed by atoms with Crippen LogP contribution in [0.25, 0.3) is 0 Å². The number of methoxy groups -OCH3 is 1. The Bertz CT molecular complexity index is 468. The summed E-state index contributed by atoms with van der Waals surface area (Å²) in [5, 5.41) is 2.13. The largest absolute Gasteiger partial charge is 0.468 e. The van der Waals surface area contributed by atoms with Crippen molar-refractivity contribution in [2.75, 3.05) is 13.7 Å². The molecule has 0 aliphatic rings. The molecule has 1 amide bonds. The van der Waals surface area contributed by atoms with Crippen LogP contribution in [0.4, 0.5) is 0 Å². The molecule has 18 heavy (non-hydrogen) atoms. The molecule has 1 unspecified atom stereocenters. The van der Waals surface area contributed by atoms with Crippen molar-refractivity contribution in [2.24, 2.45) is 0 Å². The number of rotatable bonds is 4. The van der Waals surface area contributed by atoms with Crippen LogP contribution in [0.1, 0.15) is 10.4 Å². The molecule has 1 aromatic carbocycles. The molecule has 0 fully saturated rings. The van der Waals surface area contributed by atoms with Crippen LogP contribution in [0.5, 0.6) is 0 Å². The maximum Gasteiger partial charge on any atom is 0.325 e. The van der Waals surface area contributed by atoms with E-state index in [-0.39, 0.29) is 12.5 Å². The normalized spacial score (nSPS) is 11.8. The summed E-state index contributed by atoms with van der Waals surface area (Å²) in [7, 11) is 1.23. The van der Waals surface area contributed by atoms with E-state index < -0.39 is 11.3 Å². The molecule has 0 aliphatic heterocycles. The van der Waals surface area contributed by atoms with Crippen LogP contribution in [0.15, 0.2) is 22.7 Å². The van der Waals surface area contributed by atoms with Gasteiger partial charge in [-0.25, -0.2) is 0 Å². The number of benzene rings is 1. The van der Waals surface area contributed by atoms with Crippen molar-refractivity contribution in [3.05, 3.63) is 33.3 Å². The lowest BCUT2D eigenvalue weighted by Gasteiger charge is -2.10. The predicted octanol–water partition coefficient (Wildman–Crippen LogP) is 2.61. The van der Waals surface area contributed by atoms with Crippen molar-refractivity contribution in [3.63, 3.8) is 0 Å².